The van der Waals surface area contributed by atoms with Gasteiger partial charge >= 0.3 is 0 Å². The second kappa shape index (κ2) is 6.56. The first-order valence-corrected chi connectivity index (χ1v) is 9.75. The van der Waals surface area contributed by atoms with Crippen molar-refractivity contribution in [3.63, 3.8) is 0 Å². The van der Waals surface area contributed by atoms with E-state index in [4.69, 9.17) is 0 Å². The molecule has 2 aromatic heterocycles. The third-order valence-corrected chi connectivity index (χ3v) is 5.73. The Kier molecular flexibility index (Phi) is 4.23. The van der Waals surface area contributed by atoms with Gasteiger partial charge in [0.15, 0.2) is 0 Å². The minimum absolute atomic E-state index is 0.0164. The van der Waals surface area contributed by atoms with Gasteiger partial charge in [0, 0.05) is 0 Å². The molecule has 0 saturated carbocycles. The van der Waals surface area contributed by atoms with Gasteiger partial charge in [0.1, 0.15) is 27.6 Å². The van der Waals surface area contributed by atoms with E-state index in [1.165, 1.54) is 18.2 Å². The van der Waals surface area contributed by atoms with Crippen LogP contribution in [-0.4, -0.2) is 27.1 Å². The van der Waals surface area contributed by atoms with E-state index >= 15 is 0 Å². The highest BCUT2D eigenvalue weighted by molar-refractivity contribution is 7.89. The zero-order valence-electron chi connectivity index (χ0n) is 13.2. The van der Waals surface area contributed by atoms with E-state index in [1.807, 2.05) is 0 Å². The molecule has 0 radical (unpaired) electrons. The first-order chi connectivity index (χ1) is 12.5. The molecule has 0 aliphatic carbocycles. The van der Waals surface area contributed by atoms with Crippen LogP contribution in [0.15, 0.2) is 53.6 Å². The topological polar surface area (TPSA) is 101 Å². The van der Waals surface area contributed by atoms with Crippen LogP contribution in [0, 0.1) is 5.82 Å². The molecule has 2 N–H and O–H groups in total. The van der Waals surface area contributed by atoms with E-state index in [9.17, 15) is 12.8 Å². The summed E-state index contributed by atoms with van der Waals surface area (Å²) in [5, 5.41) is 0. The lowest BCUT2D eigenvalue weighted by Gasteiger charge is -2.05. The molecule has 26 heavy (non-hydrogen) atoms. The van der Waals surface area contributed by atoms with Crippen LogP contribution >= 0.6 is 11.7 Å². The number of rotatable bonds is 5. The Morgan fingerprint density at radius 1 is 1.12 bits per heavy atom. The van der Waals surface area contributed by atoms with Crippen LogP contribution < -0.4 is 4.72 Å². The molecule has 0 bridgehead atoms. The van der Waals surface area contributed by atoms with Gasteiger partial charge < -0.3 is 4.98 Å². The smallest absolute Gasteiger partial charge is 0.243 e. The predicted octanol–water partition coefficient (Wildman–Crippen LogP) is 2.70. The standard InChI is InChI=1S/C16H12FN5O2S2/c17-11-6-4-10(5-7-11)13-8-18-15(20-13)9-19-26(23,24)14-3-1-2-12-16(14)22-25-21-12/h1-8,19H,9H2,(H,18,20). The maximum atomic E-state index is 13.0. The first kappa shape index (κ1) is 16.8. The summed E-state index contributed by atoms with van der Waals surface area (Å²) < 4.78 is 48.7. The van der Waals surface area contributed by atoms with Gasteiger partial charge in [-0.2, -0.15) is 8.75 Å². The molecular formula is C16H12FN5O2S2. The fourth-order valence-corrected chi connectivity index (χ4v) is 4.22. The number of hydrogen-bond donors (Lipinski definition) is 2. The number of aromatic amines is 1. The number of halogens is 1. The van der Waals surface area contributed by atoms with E-state index in [2.05, 4.69) is 23.4 Å². The number of nitrogens with zero attached hydrogens (tertiary/aromatic N) is 3. The van der Waals surface area contributed by atoms with Gasteiger partial charge in [0.25, 0.3) is 0 Å². The fraction of sp³-hybridized carbons (Fsp3) is 0.0625. The van der Waals surface area contributed by atoms with Gasteiger partial charge in [-0.3, -0.25) is 0 Å². The molecule has 0 fully saturated rings. The molecule has 4 aromatic rings. The lowest BCUT2D eigenvalue weighted by Crippen LogP contribution is -2.24. The van der Waals surface area contributed by atoms with Gasteiger partial charge in [-0.25, -0.2) is 22.5 Å². The number of imidazole rings is 1. The molecular weight excluding hydrogens is 377 g/mol. The molecule has 0 aliphatic heterocycles. The number of hydrogen-bond acceptors (Lipinski definition) is 6. The molecule has 0 unspecified atom stereocenters. The zero-order chi connectivity index (χ0) is 18.1. The summed E-state index contributed by atoms with van der Waals surface area (Å²) in [4.78, 5) is 7.26. The number of fused-ring (bicyclic) bond motifs is 1. The Hall–Kier alpha value is -2.69. The molecule has 10 heteroatoms. The van der Waals surface area contributed by atoms with E-state index in [0.717, 1.165) is 17.3 Å². The summed E-state index contributed by atoms with van der Waals surface area (Å²) in [6.07, 6.45) is 1.57. The van der Waals surface area contributed by atoms with Crippen molar-refractivity contribution in [1.82, 2.24) is 23.4 Å². The van der Waals surface area contributed by atoms with Crippen LogP contribution in [0.5, 0.6) is 0 Å². The van der Waals surface area contributed by atoms with Gasteiger partial charge in [-0.05, 0) is 42.0 Å². The van der Waals surface area contributed by atoms with Gasteiger partial charge in [-0.15, -0.1) is 0 Å². The molecule has 0 atom stereocenters. The maximum absolute atomic E-state index is 13.0. The average Bonchev–Trinajstić information content (AvgIpc) is 3.29. The highest BCUT2D eigenvalue weighted by Crippen LogP contribution is 2.21. The molecule has 2 aromatic carbocycles. The largest absolute Gasteiger partial charge is 0.341 e. The van der Waals surface area contributed by atoms with Crippen molar-refractivity contribution in [1.29, 1.82) is 0 Å². The molecule has 0 spiro atoms. The molecule has 2 heterocycles. The SMILES string of the molecule is O=S(=O)(NCc1ncc(-c2ccc(F)cc2)[nH]1)c1cccc2nsnc12. The van der Waals surface area contributed by atoms with E-state index in [0.29, 0.717) is 22.6 Å². The van der Waals surface area contributed by atoms with Crippen molar-refractivity contribution in [3.05, 3.63) is 60.3 Å². The van der Waals surface area contributed by atoms with Crippen LogP contribution in [-0.2, 0) is 16.6 Å². The minimum Gasteiger partial charge on any atom is -0.341 e. The average molecular weight is 389 g/mol. The van der Waals surface area contributed by atoms with Crippen molar-refractivity contribution >= 4 is 32.8 Å². The van der Waals surface area contributed by atoms with Crippen LogP contribution in [0.4, 0.5) is 4.39 Å². The lowest BCUT2D eigenvalue weighted by atomic mass is 10.2. The third kappa shape index (κ3) is 3.21. The second-order valence-electron chi connectivity index (χ2n) is 5.46. The molecule has 4 rings (SSSR count). The van der Waals surface area contributed by atoms with Gasteiger partial charge in [-0.1, -0.05) is 6.07 Å². The number of benzene rings is 2. The summed E-state index contributed by atoms with van der Waals surface area (Å²) in [6.45, 7) is -0.0164. The monoisotopic (exact) mass is 389 g/mol. The Bertz CT molecular complexity index is 1170. The number of nitrogens with one attached hydrogen (secondary N) is 2. The van der Waals surface area contributed by atoms with Crippen molar-refractivity contribution in [2.45, 2.75) is 11.4 Å². The van der Waals surface area contributed by atoms with Crippen LogP contribution in [0.1, 0.15) is 5.82 Å². The number of H-pyrrole nitrogens is 1. The maximum Gasteiger partial charge on any atom is 0.243 e. The van der Waals surface area contributed by atoms with Crippen LogP contribution in [0.3, 0.4) is 0 Å². The highest BCUT2D eigenvalue weighted by Gasteiger charge is 2.19. The molecule has 0 amide bonds. The first-order valence-electron chi connectivity index (χ1n) is 7.54. The molecule has 132 valence electrons. The summed E-state index contributed by atoms with van der Waals surface area (Å²) in [6, 6.07) is 10.7. The summed E-state index contributed by atoms with van der Waals surface area (Å²) in [5.74, 6) is 0.114. The van der Waals surface area contributed by atoms with Crippen molar-refractivity contribution < 1.29 is 12.8 Å². The van der Waals surface area contributed by atoms with E-state index < -0.39 is 10.0 Å². The highest BCUT2D eigenvalue weighted by atomic mass is 32.2. The fourth-order valence-electron chi connectivity index (χ4n) is 2.47. The molecule has 0 saturated heterocycles. The van der Waals surface area contributed by atoms with Gasteiger partial charge in [0.2, 0.25) is 10.0 Å². The Labute approximate surface area is 152 Å². The van der Waals surface area contributed by atoms with Crippen molar-refractivity contribution in [2.75, 3.05) is 0 Å². The van der Waals surface area contributed by atoms with E-state index in [-0.39, 0.29) is 17.3 Å². The Morgan fingerprint density at radius 2 is 1.92 bits per heavy atom. The third-order valence-electron chi connectivity index (χ3n) is 3.75. The predicted molar refractivity (Wildman–Crippen MR) is 95.4 cm³/mol. The minimum atomic E-state index is -3.77. The van der Waals surface area contributed by atoms with Crippen molar-refractivity contribution in [2.24, 2.45) is 0 Å². The number of aromatic nitrogens is 4. The van der Waals surface area contributed by atoms with Crippen LogP contribution in [0.2, 0.25) is 0 Å². The summed E-state index contributed by atoms with van der Waals surface area (Å²) in [5.41, 5.74) is 2.31. The molecule has 0 aliphatic rings. The quantitative estimate of drug-likeness (QED) is 0.547. The Balaban J connectivity index is 1.54. The van der Waals surface area contributed by atoms with E-state index in [1.54, 1.807) is 30.5 Å². The van der Waals surface area contributed by atoms with Crippen LogP contribution in [0.25, 0.3) is 22.3 Å². The summed E-state index contributed by atoms with van der Waals surface area (Å²) in [7, 11) is -3.77. The molecule has 7 nitrogen and oxygen atoms in total. The lowest BCUT2D eigenvalue weighted by molar-refractivity contribution is 0.580. The zero-order valence-corrected chi connectivity index (χ0v) is 14.8. The van der Waals surface area contributed by atoms with Crippen molar-refractivity contribution in [3.8, 4) is 11.3 Å². The Morgan fingerprint density at radius 3 is 2.73 bits per heavy atom. The number of sulfonamides is 1. The second-order valence-corrected chi connectivity index (χ2v) is 7.73. The summed E-state index contributed by atoms with van der Waals surface area (Å²) >= 11 is 0.962. The van der Waals surface area contributed by atoms with Gasteiger partial charge in [0.05, 0.1) is 30.2 Å². The normalized spacial score (nSPS) is 11.9.